The summed E-state index contributed by atoms with van der Waals surface area (Å²) in [7, 11) is 1.92. The highest BCUT2D eigenvalue weighted by Gasteiger charge is 2.39. The molecule has 3 amide bonds. The predicted molar refractivity (Wildman–Crippen MR) is 167 cm³/mol. The van der Waals surface area contributed by atoms with Gasteiger partial charge in [-0.2, -0.15) is 0 Å². The molecule has 42 heavy (non-hydrogen) atoms. The summed E-state index contributed by atoms with van der Waals surface area (Å²) in [5.74, 6) is -4.22. The smallest absolute Gasteiger partial charge is 0.266 e. The van der Waals surface area contributed by atoms with Crippen molar-refractivity contribution in [3.8, 4) is 0 Å². The van der Waals surface area contributed by atoms with Gasteiger partial charge in [-0.25, -0.2) is 8.78 Å². The second kappa shape index (κ2) is 12.3. The van der Waals surface area contributed by atoms with E-state index >= 15 is 0 Å². The molecule has 1 aliphatic heterocycles. The average Bonchev–Trinajstić information content (AvgIpc) is 3.28. The van der Waals surface area contributed by atoms with E-state index in [9.17, 15) is 23.2 Å². The SMILES string of the molecule is Bc1ccc(NC(=O)c2cc(NC(=O)c3c(Cl)ccc(CNC(=O)C(C)(C)C)c3Cl)ccc2N2CCC(F)(F)C2)cc1. The second-order valence-corrected chi connectivity index (χ2v) is 12.1. The molecule has 1 aliphatic rings. The minimum absolute atomic E-state index is 0.00485. The van der Waals surface area contributed by atoms with Gasteiger partial charge >= 0.3 is 0 Å². The van der Waals surface area contributed by atoms with Crippen molar-refractivity contribution in [2.45, 2.75) is 39.7 Å². The second-order valence-electron chi connectivity index (χ2n) is 11.4. The fourth-order valence-corrected chi connectivity index (χ4v) is 5.03. The first-order valence-corrected chi connectivity index (χ1v) is 14.1. The zero-order chi connectivity index (χ0) is 30.8. The summed E-state index contributed by atoms with van der Waals surface area (Å²) in [6.45, 7) is 4.98. The van der Waals surface area contributed by atoms with E-state index in [0.29, 0.717) is 16.9 Å². The van der Waals surface area contributed by atoms with Crippen molar-refractivity contribution < 1.29 is 23.2 Å². The van der Waals surface area contributed by atoms with Crippen LogP contribution in [0.2, 0.25) is 10.0 Å². The van der Waals surface area contributed by atoms with Crippen LogP contribution in [0.5, 0.6) is 0 Å². The van der Waals surface area contributed by atoms with Crippen LogP contribution in [-0.2, 0) is 11.3 Å². The summed E-state index contributed by atoms with van der Waals surface area (Å²) in [4.78, 5) is 40.5. The summed E-state index contributed by atoms with van der Waals surface area (Å²) in [5.41, 5.74) is 2.09. The molecule has 4 rings (SSSR count). The summed E-state index contributed by atoms with van der Waals surface area (Å²) < 4.78 is 28.1. The van der Waals surface area contributed by atoms with Crippen molar-refractivity contribution in [3.63, 3.8) is 0 Å². The quantitative estimate of drug-likeness (QED) is 0.317. The number of carbonyl (C=O) groups excluding carboxylic acids is 3. The van der Waals surface area contributed by atoms with Crippen LogP contribution in [0.4, 0.5) is 25.8 Å². The first-order valence-electron chi connectivity index (χ1n) is 13.4. The number of rotatable bonds is 7. The molecule has 3 N–H and O–H groups in total. The maximum absolute atomic E-state index is 14.1. The van der Waals surface area contributed by atoms with Gasteiger partial charge in [0, 0.05) is 42.0 Å². The molecule has 220 valence electrons. The van der Waals surface area contributed by atoms with Crippen LogP contribution >= 0.6 is 23.2 Å². The number of alkyl halides is 2. The molecule has 0 aromatic heterocycles. The Balaban J connectivity index is 1.61. The molecule has 3 aromatic carbocycles. The van der Waals surface area contributed by atoms with E-state index in [1.54, 1.807) is 39.0 Å². The van der Waals surface area contributed by atoms with E-state index in [2.05, 4.69) is 16.0 Å². The number of carbonyl (C=O) groups is 3. The Bertz CT molecular complexity index is 1530. The largest absolute Gasteiger partial charge is 0.365 e. The van der Waals surface area contributed by atoms with Crippen LogP contribution in [0.15, 0.2) is 54.6 Å². The number of halogens is 4. The first-order chi connectivity index (χ1) is 19.6. The third-order valence-corrected chi connectivity index (χ3v) is 7.58. The van der Waals surface area contributed by atoms with Crippen LogP contribution in [0.3, 0.4) is 0 Å². The molecule has 0 aliphatic carbocycles. The molecular formula is C30H31BCl2F2N4O3. The molecule has 0 radical (unpaired) electrons. The fraction of sp³-hybridized carbons (Fsp3) is 0.300. The standard InChI is InChI=1S/C30H31BCl2F2N4O3/c1-29(2,3)28(42)36-15-17-4-10-22(32)24(25(17)33)27(41)38-20-9-11-23(39-13-12-30(34,35)16-39)21(14-20)26(40)37-19-7-5-18(31)6-8-19/h4-11,14H,12-13,15-16,31H2,1-3H3,(H,36,42)(H,37,40)(H,38,41). The summed E-state index contributed by atoms with van der Waals surface area (Å²) in [5, 5.41) is 8.48. The minimum Gasteiger partial charge on any atom is -0.365 e. The summed E-state index contributed by atoms with van der Waals surface area (Å²) in [6, 6.07) is 14.8. The Labute approximate surface area is 254 Å². The molecule has 1 fully saturated rings. The van der Waals surface area contributed by atoms with E-state index in [1.165, 1.54) is 29.2 Å². The Hall–Kier alpha value is -3.63. The van der Waals surface area contributed by atoms with E-state index in [0.717, 1.165) is 5.46 Å². The molecule has 0 saturated carbocycles. The number of hydrogen-bond acceptors (Lipinski definition) is 4. The maximum Gasteiger partial charge on any atom is 0.266 e. The highest BCUT2D eigenvalue weighted by Crippen LogP contribution is 2.35. The van der Waals surface area contributed by atoms with Gasteiger partial charge in [0.2, 0.25) is 5.91 Å². The van der Waals surface area contributed by atoms with Crippen molar-refractivity contribution in [1.29, 1.82) is 0 Å². The number of hydrogen-bond donors (Lipinski definition) is 3. The zero-order valence-electron chi connectivity index (χ0n) is 23.7. The Morgan fingerprint density at radius 3 is 2.21 bits per heavy atom. The van der Waals surface area contributed by atoms with Crippen molar-refractivity contribution in [2.75, 3.05) is 28.6 Å². The van der Waals surface area contributed by atoms with Gasteiger partial charge in [0.1, 0.15) is 7.85 Å². The first kappa shape index (κ1) is 31.3. The number of anilines is 3. The third-order valence-electron chi connectivity index (χ3n) is 6.84. The van der Waals surface area contributed by atoms with Crippen LogP contribution in [0.25, 0.3) is 0 Å². The number of benzene rings is 3. The third kappa shape index (κ3) is 7.41. The lowest BCUT2D eigenvalue weighted by atomic mass is 9.95. The monoisotopic (exact) mass is 614 g/mol. The highest BCUT2D eigenvalue weighted by molar-refractivity contribution is 6.41. The topological polar surface area (TPSA) is 90.5 Å². The summed E-state index contributed by atoms with van der Waals surface area (Å²) >= 11 is 12.9. The predicted octanol–water partition coefficient (Wildman–Crippen LogP) is 5.26. The number of nitrogens with zero attached hydrogens (tertiary/aromatic N) is 1. The van der Waals surface area contributed by atoms with Crippen molar-refractivity contribution in [1.82, 2.24) is 5.32 Å². The maximum atomic E-state index is 14.1. The van der Waals surface area contributed by atoms with Gasteiger partial charge in [-0.3, -0.25) is 14.4 Å². The lowest BCUT2D eigenvalue weighted by molar-refractivity contribution is -0.128. The van der Waals surface area contributed by atoms with Gasteiger partial charge in [0.25, 0.3) is 17.7 Å². The molecule has 7 nitrogen and oxygen atoms in total. The molecule has 0 spiro atoms. The van der Waals surface area contributed by atoms with Crippen molar-refractivity contribution in [3.05, 3.63) is 81.3 Å². The average molecular weight is 615 g/mol. The van der Waals surface area contributed by atoms with Gasteiger partial charge in [-0.05, 0) is 42.0 Å². The Morgan fingerprint density at radius 2 is 1.60 bits per heavy atom. The van der Waals surface area contributed by atoms with Crippen LogP contribution < -0.4 is 26.3 Å². The molecule has 0 unspecified atom stereocenters. The normalized spacial score (nSPS) is 14.4. The molecule has 0 bridgehead atoms. The molecule has 1 heterocycles. The zero-order valence-corrected chi connectivity index (χ0v) is 25.2. The lowest BCUT2D eigenvalue weighted by Gasteiger charge is -2.22. The van der Waals surface area contributed by atoms with Crippen LogP contribution in [0, 0.1) is 5.41 Å². The van der Waals surface area contributed by atoms with Crippen LogP contribution in [-0.4, -0.2) is 44.6 Å². The number of nitrogens with one attached hydrogen (secondary N) is 3. The highest BCUT2D eigenvalue weighted by atomic mass is 35.5. The molecule has 0 atom stereocenters. The lowest BCUT2D eigenvalue weighted by Crippen LogP contribution is -2.34. The number of amides is 3. The molecule has 12 heteroatoms. The Morgan fingerprint density at radius 1 is 0.952 bits per heavy atom. The fourth-order valence-electron chi connectivity index (χ4n) is 4.42. The molecule has 3 aromatic rings. The van der Waals surface area contributed by atoms with Crippen molar-refractivity contribution in [2.24, 2.45) is 5.41 Å². The van der Waals surface area contributed by atoms with E-state index in [4.69, 9.17) is 23.2 Å². The van der Waals surface area contributed by atoms with E-state index in [1.807, 2.05) is 20.0 Å². The summed E-state index contributed by atoms with van der Waals surface area (Å²) in [6.07, 6.45) is -0.325. The van der Waals surface area contributed by atoms with Crippen molar-refractivity contribution >= 4 is 71.3 Å². The van der Waals surface area contributed by atoms with Gasteiger partial charge in [-0.1, -0.05) is 67.6 Å². The minimum atomic E-state index is -2.87. The van der Waals surface area contributed by atoms with Gasteiger partial charge in [-0.15, -0.1) is 0 Å². The van der Waals surface area contributed by atoms with Gasteiger partial charge in [0.15, 0.2) is 0 Å². The van der Waals surface area contributed by atoms with Gasteiger partial charge in [0.05, 0.1) is 27.7 Å². The molecule has 1 saturated heterocycles. The van der Waals surface area contributed by atoms with E-state index < -0.39 is 29.7 Å². The molecular weight excluding hydrogens is 584 g/mol. The van der Waals surface area contributed by atoms with E-state index in [-0.39, 0.29) is 52.3 Å². The van der Waals surface area contributed by atoms with Crippen LogP contribution in [0.1, 0.15) is 53.5 Å². The van der Waals surface area contributed by atoms with Gasteiger partial charge < -0.3 is 20.9 Å². The Kier molecular flexibility index (Phi) is 9.18.